The minimum atomic E-state index is 0. The van der Waals surface area contributed by atoms with Gasteiger partial charge in [-0.25, -0.2) is 4.39 Å². The summed E-state index contributed by atoms with van der Waals surface area (Å²) in [6, 6.07) is 7.15. The summed E-state index contributed by atoms with van der Waals surface area (Å²) >= 11 is 0. The smallest absolute Gasteiger partial charge is 0.204 e. The summed E-state index contributed by atoms with van der Waals surface area (Å²) in [6.45, 7) is 0.272. The van der Waals surface area contributed by atoms with Gasteiger partial charge in [-0.3, -0.25) is 0 Å². The Labute approximate surface area is 121 Å². The highest BCUT2D eigenvalue weighted by molar-refractivity contribution is 5.85. The van der Waals surface area contributed by atoms with Crippen LogP contribution in [0.2, 0.25) is 0 Å². The largest absolute Gasteiger partial charge is 0.489 e. The fourth-order valence-corrected chi connectivity index (χ4v) is 1.41. The second kappa shape index (κ2) is 7.56. The second-order valence-electron chi connectivity index (χ2n) is 3.89. The van der Waals surface area contributed by atoms with Gasteiger partial charge in [0.1, 0.15) is 12.4 Å². The molecule has 0 radical (unpaired) electrons. The molecule has 1 aromatic carbocycles. The van der Waals surface area contributed by atoms with Gasteiger partial charge in [0.25, 0.3) is 0 Å². The number of hydrogen-bond acceptors (Lipinski definition) is 5. The lowest BCUT2D eigenvalue weighted by Gasteiger charge is -2.07. The molecule has 2 N–H and O–H groups in total. The van der Waals surface area contributed by atoms with Crippen molar-refractivity contribution in [2.24, 2.45) is 12.8 Å². The molecule has 1 aromatic heterocycles. The van der Waals surface area contributed by atoms with Crippen LogP contribution in [0, 0.1) is 0 Å². The fraction of sp³-hybridized carbons (Fsp3) is 0.250. The van der Waals surface area contributed by atoms with Crippen LogP contribution in [0.4, 0.5) is 4.39 Å². The molecule has 0 atom stereocenters. The first kappa shape index (κ1) is 16.1. The summed E-state index contributed by atoms with van der Waals surface area (Å²) in [5, 5.41) is 11.8. The van der Waals surface area contributed by atoms with Crippen LogP contribution in [0.15, 0.2) is 36.2 Å². The summed E-state index contributed by atoms with van der Waals surface area (Å²) in [5.41, 5.74) is 6.57. The van der Waals surface area contributed by atoms with Crippen molar-refractivity contribution < 1.29 is 9.13 Å². The monoisotopic (exact) mass is 299 g/mol. The van der Waals surface area contributed by atoms with Gasteiger partial charge in [0.15, 0.2) is 0 Å². The maximum atomic E-state index is 12.3. The van der Waals surface area contributed by atoms with Crippen molar-refractivity contribution in [3.63, 3.8) is 0 Å². The van der Waals surface area contributed by atoms with Gasteiger partial charge in [-0.15, -0.1) is 22.6 Å². The van der Waals surface area contributed by atoms with E-state index in [1.807, 2.05) is 12.1 Å². The molecule has 0 aliphatic rings. The molecule has 0 fully saturated rings. The summed E-state index contributed by atoms with van der Waals surface area (Å²) < 4.78 is 17.7. The zero-order chi connectivity index (χ0) is 13.7. The molecular weight excluding hydrogens is 285 g/mol. The van der Waals surface area contributed by atoms with E-state index in [0.717, 1.165) is 5.56 Å². The van der Waals surface area contributed by atoms with E-state index >= 15 is 0 Å². The zero-order valence-electron chi connectivity index (χ0n) is 10.9. The quantitative estimate of drug-likeness (QED) is 0.905. The molecular formula is C12H15ClFN5O. The Morgan fingerprint density at radius 1 is 1.40 bits per heavy atom. The van der Waals surface area contributed by atoms with Crippen LogP contribution in [-0.4, -0.2) is 33.4 Å². The number of ether oxygens (including phenoxy) is 1. The number of halogens is 2. The average Bonchev–Trinajstić information content (AvgIpc) is 2.87. The van der Waals surface area contributed by atoms with Crippen molar-refractivity contribution in [1.29, 1.82) is 0 Å². The van der Waals surface area contributed by atoms with E-state index in [4.69, 9.17) is 10.5 Å². The number of benzene rings is 1. The lowest BCUT2D eigenvalue weighted by molar-refractivity contribution is 0.347. The summed E-state index contributed by atoms with van der Waals surface area (Å²) in [5.74, 6) is 1.17. The Kier molecular flexibility index (Phi) is 6.08. The highest BCUT2D eigenvalue weighted by Gasteiger charge is 2.04. The normalized spacial score (nSPS) is 11.1. The number of nitrogens with zero attached hydrogens (tertiary/aromatic N) is 4. The molecule has 0 bridgehead atoms. The van der Waals surface area contributed by atoms with Gasteiger partial charge >= 0.3 is 0 Å². The first-order valence-electron chi connectivity index (χ1n) is 5.68. The SMILES string of the molecule is Cl.Cn1nnc(-c2ccc(OC/C(=C/F)CN)cc2)n1. The van der Waals surface area contributed by atoms with Crippen molar-refractivity contribution in [2.75, 3.05) is 13.2 Å². The average molecular weight is 300 g/mol. The Hall–Kier alpha value is -1.99. The van der Waals surface area contributed by atoms with Crippen molar-refractivity contribution in [2.45, 2.75) is 0 Å². The van der Waals surface area contributed by atoms with Gasteiger partial charge < -0.3 is 10.5 Å². The van der Waals surface area contributed by atoms with Crippen LogP contribution in [0.5, 0.6) is 5.75 Å². The standard InChI is InChI=1S/C12H14FN5O.ClH/c1-18-16-12(15-17-18)10-2-4-11(5-3-10)19-8-9(6-13)7-14;/h2-6H,7-8,14H2,1H3;1H/b9-6+;. The number of tetrazole rings is 1. The first-order chi connectivity index (χ1) is 9.22. The molecule has 0 amide bonds. The molecule has 0 saturated carbocycles. The second-order valence-corrected chi connectivity index (χ2v) is 3.89. The van der Waals surface area contributed by atoms with Crippen LogP contribution in [-0.2, 0) is 7.05 Å². The number of aryl methyl sites for hydroxylation is 1. The topological polar surface area (TPSA) is 78.8 Å². The molecule has 0 aliphatic heterocycles. The molecule has 1 heterocycles. The van der Waals surface area contributed by atoms with E-state index in [0.29, 0.717) is 23.5 Å². The van der Waals surface area contributed by atoms with Crippen molar-refractivity contribution in [1.82, 2.24) is 20.2 Å². The van der Waals surface area contributed by atoms with Crippen LogP contribution in [0.1, 0.15) is 0 Å². The van der Waals surface area contributed by atoms with Gasteiger partial charge in [-0.1, -0.05) is 0 Å². The van der Waals surface area contributed by atoms with Crippen molar-refractivity contribution in [3.05, 3.63) is 36.2 Å². The van der Waals surface area contributed by atoms with Crippen LogP contribution in [0.25, 0.3) is 11.4 Å². The van der Waals surface area contributed by atoms with E-state index in [1.165, 1.54) is 4.80 Å². The van der Waals surface area contributed by atoms with Crippen molar-refractivity contribution >= 4 is 12.4 Å². The third-order valence-corrected chi connectivity index (χ3v) is 2.46. The van der Waals surface area contributed by atoms with Gasteiger partial charge in [-0.05, 0) is 29.5 Å². The molecule has 108 valence electrons. The van der Waals surface area contributed by atoms with E-state index in [2.05, 4.69) is 15.4 Å². The lowest BCUT2D eigenvalue weighted by Crippen LogP contribution is -2.10. The predicted octanol–water partition coefficient (Wildman–Crippen LogP) is 1.49. The molecule has 0 aliphatic carbocycles. The third-order valence-electron chi connectivity index (χ3n) is 2.46. The maximum absolute atomic E-state index is 12.3. The Balaban J connectivity index is 0.00000200. The van der Waals surface area contributed by atoms with Crippen LogP contribution >= 0.6 is 12.4 Å². The summed E-state index contributed by atoms with van der Waals surface area (Å²) in [7, 11) is 1.70. The van der Waals surface area contributed by atoms with E-state index in [9.17, 15) is 4.39 Å². The Morgan fingerprint density at radius 3 is 2.60 bits per heavy atom. The van der Waals surface area contributed by atoms with E-state index < -0.39 is 0 Å². The minimum Gasteiger partial charge on any atom is -0.489 e. The highest BCUT2D eigenvalue weighted by Crippen LogP contribution is 2.18. The molecule has 0 saturated heterocycles. The molecule has 0 spiro atoms. The first-order valence-corrected chi connectivity index (χ1v) is 5.68. The minimum absolute atomic E-state index is 0. The van der Waals surface area contributed by atoms with Gasteiger partial charge in [0, 0.05) is 17.7 Å². The highest BCUT2D eigenvalue weighted by atomic mass is 35.5. The van der Waals surface area contributed by atoms with Gasteiger partial charge in [0.2, 0.25) is 5.82 Å². The Bertz CT molecular complexity index is 569. The number of aromatic nitrogens is 4. The third kappa shape index (κ3) is 4.01. The predicted molar refractivity (Wildman–Crippen MR) is 75.2 cm³/mol. The zero-order valence-corrected chi connectivity index (χ0v) is 11.7. The molecule has 2 rings (SSSR count). The molecule has 2 aromatic rings. The Morgan fingerprint density at radius 2 is 2.10 bits per heavy atom. The number of rotatable bonds is 5. The van der Waals surface area contributed by atoms with Gasteiger partial charge in [0.05, 0.1) is 13.4 Å². The lowest BCUT2D eigenvalue weighted by atomic mass is 10.2. The van der Waals surface area contributed by atoms with Crippen LogP contribution in [0.3, 0.4) is 0 Å². The number of hydrogen-bond donors (Lipinski definition) is 1. The maximum Gasteiger partial charge on any atom is 0.204 e. The molecule has 8 heteroatoms. The van der Waals surface area contributed by atoms with E-state index in [1.54, 1.807) is 19.2 Å². The van der Waals surface area contributed by atoms with Crippen molar-refractivity contribution in [3.8, 4) is 17.1 Å². The number of nitrogens with two attached hydrogens (primary N) is 1. The molecule has 6 nitrogen and oxygen atoms in total. The van der Waals surface area contributed by atoms with E-state index in [-0.39, 0.29) is 25.6 Å². The van der Waals surface area contributed by atoms with Crippen LogP contribution < -0.4 is 10.5 Å². The molecule has 20 heavy (non-hydrogen) atoms. The van der Waals surface area contributed by atoms with Gasteiger partial charge in [-0.2, -0.15) is 4.80 Å². The fourth-order valence-electron chi connectivity index (χ4n) is 1.41. The summed E-state index contributed by atoms with van der Waals surface area (Å²) in [6.07, 6.45) is 0.470. The summed E-state index contributed by atoms with van der Waals surface area (Å²) in [4.78, 5) is 1.39. The molecule has 0 unspecified atom stereocenters.